The molecule has 1 aromatic rings. The van der Waals surface area contributed by atoms with E-state index in [2.05, 4.69) is 11.8 Å². The molecule has 27 heavy (non-hydrogen) atoms. The normalized spacial score (nSPS) is 22.0. The summed E-state index contributed by atoms with van der Waals surface area (Å²) in [7, 11) is 1.48. The van der Waals surface area contributed by atoms with Gasteiger partial charge < -0.3 is 24.4 Å². The van der Waals surface area contributed by atoms with Gasteiger partial charge in [-0.15, -0.1) is 0 Å². The van der Waals surface area contributed by atoms with Crippen molar-refractivity contribution in [2.24, 2.45) is 0 Å². The minimum absolute atomic E-state index is 0.175. The first-order valence-electron chi connectivity index (χ1n) is 9.30. The van der Waals surface area contributed by atoms with Gasteiger partial charge in [0.05, 0.1) is 7.11 Å². The summed E-state index contributed by atoms with van der Waals surface area (Å²) < 4.78 is 10.8. The molecule has 7 nitrogen and oxygen atoms in total. The number of carbonyl (C=O) groups excluding carboxylic acids is 1. The molecule has 148 valence electrons. The molecular weight excluding hydrogens is 348 g/mol. The third kappa shape index (κ3) is 3.82. The summed E-state index contributed by atoms with van der Waals surface area (Å²) in [5.41, 5.74) is 1.70. The topological polar surface area (TPSA) is 79.3 Å². The second-order valence-corrected chi connectivity index (χ2v) is 8.33. The third-order valence-electron chi connectivity index (χ3n) is 5.18. The van der Waals surface area contributed by atoms with Gasteiger partial charge >= 0.3 is 12.1 Å². The number of carbonyl (C=O) groups is 2. The first-order chi connectivity index (χ1) is 12.6. The summed E-state index contributed by atoms with van der Waals surface area (Å²) in [6.45, 7) is 9.55. The van der Waals surface area contributed by atoms with Gasteiger partial charge in [0.25, 0.3) is 0 Å². The fourth-order valence-electron chi connectivity index (χ4n) is 3.97. The van der Waals surface area contributed by atoms with Gasteiger partial charge in [-0.05, 0) is 44.7 Å². The molecule has 1 amide bonds. The van der Waals surface area contributed by atoms with Crippen LogP contribution in [-0.2, 0) is 4.74 Å². The molecule has 1 fully saturated rings. The molecule has 0 aliphatic carbocycles. The van der Waals surface area contributed by atoms with Gasteiger partial charge in [0, 0.05) is 37.4 Å². The molecule has 7 heteroatoms. The number of aromatic carboxylic acids is 1. The van der Waals surface area contributed by atoms with Crippen LogP contribution in [0.15, 0.2) is 12.1 Å². The molecule has 1 N–H and O–H groups in total. The Morgan fingerprint density at radius 1 is 1.22 bits per heavy atom. The Bertz CT molecular complexity index is 755. The maximum atomic E-state index is 12.4. The number of hydrogen-bond acceptors (Lipinski definition) is 5. The van der Waals surface area contributed by atoms with Crippen molar-refractivity contribution in [1.82, 2.24) is 4.90 Å². The number of nitrogens with zero attached hydrogens (tertiary/aromatic N) is 2. The molecule has 3 rings (SSSR count). The molecule has 1 aromatic carbocycles. The second-order valence-electron chi connectivity index (χ2n) is 8.33. The van der Waals surface area contributed by atoms with Crippen molar-refractivity contribution in [3.05, 3.63) is 23.3 Å². The smallest absolute Gasteiger partial charge is 0.410 e. The Kier molecular flexibility index (Phi) is 4.97. The van der Waals surface area contributed by atoms with Crippen molar-refractivity contribution in [1.29, 1.82) is 0 Å². The largest absolute Gasteiger partial charge is 0.496 e. The van der Waals surface area contributed by atoms with E-state index in [0.29, 0.717) is 25.4 Å². The van der Waals surface area contributed by atoms with Crippen molar-refractivity contribution in [3.63, 3.8) is 0 Å². The van der Waals surface area contributed by atoms with Gasteiger partial charge in [0.2, 0.25) is 0 Å². The van der Waals surface area contributed by atoms with Gasteiger partial charge in [-0.1, -0.05) is 6.92 Å². The highest BCUT2D eigenvalue weighted by molar-refractivity contribution is 5.92. The summed E-state index contributed by atoms with van der Waals surface area (Å²) in [5, 5.41) is 9.45. The van der Waals surface area contributed by atoms with Gasteiger partial charge in [-0.25, -0.2) is 9.59 Å². The summed E-state index contributed by atoms with van der Waals surface area (Å²) in [4.78, 5) is 28.0. The highest BCUT2D eigenvalue weighted by Crippen LogP contribution is 2.42. The van der Waals surface area contributed by atoms with E-state index in [-0.39, 0.29) is 23.6 Å². The van der Waals surface area contributed by atoms with E-state index >= 15 is 0 Å². The number of carboxylic acids is 1. The van der Waals surface area contributed by atoms with Crippen LogP contribution in [0.5, 0.6) is 5.75 Å². The first kappa shape index (κ1) is 19.3. The van der Waals surface area contributed by atoms with E-state index in [9.17, 15) is 14.7 Å². The number of rotatable bonds is 2. The fraction of sp³-hybridized carbons (Fsp3) is 0.600. The number of amides is 1. The van der Waals surface area contributed by atoms with Crippen LogP contribution in [0.1, 0.15) is 56.0 Å². The molecule has 2 aliphatic rings. The van der Waals surface area contributed by atoms with Crippen LogP contribution in [0.3, 0.4) is 0 Å². The predicted molar refractivity (Wildman–Crippen MR) is 102 cm³/mol. The van der Waals surface area contributed by atoms with Crippen LogP contribution in [0, 0.1) is 0 Å². The summed E-state index contributed by atoms with van der Waals surface area (Å²) in [6.07, 6.45) is 0.580. The summed E-state index contributed by atoms with van der Waals surface area (Å²) in [5.74, 6) is -0.425. The fourth-order valence-corrected chi connectivity index (χ4v) is 3.97. The van der Waals surface area contributed by atoms with E-state index in [4.69, 9.17) is 9.47 Å². The zero-order valence-electron chi connectivity index (χ0n) is 16.6. The van der Waals surface area contributed by atoms with Crippen molar-refractivity contribution >= 4 is 17.7 Å². The average Bonchev–Trinajstić information content (AvgIpc) is 2.58. The SMILES string of the molecule is COc1cc2c(cc1C(=O)O)C(C)C[C@H]1CN(C(=O)OC(C)(C)C)CCN21. The van der Waals surface area contributed by atoms with Crippen LogP contribution < -0.4 is 9.64 Å². The minimum atomic E-state index is -0.987. The number of methoxy groups -OCH3 is 1. The Balaban J connectivity index is 1.86. The van der Waals surface area contributed by atoms with Crippen molar-refractivity contribution < 1.29 is 24.2 Å². The van der Waals surface area contributed by atoms with Crippen LogP contribution in [-0.4, -0.2) is 60.5 Å². The Hall–Kier alpha value is -2.44. The lowest BCUT2D eigenvalue weighted by atomic mass is 9.84. The molecule has 0 saturated carbocycles. The molecular formula is C20H28N2O5. The number of ether oxygens (including phenoxy) is 2. The van der Waals surface area contributed by atoms with E-state index in [1.54, 1.807) is 11.0 Å². The second kappa shape index (κ2) is 6.94. The molecule has 2 heterocycles. The lowest BCUT2D eigenvalue weighted by Gasteiger charge is -2.47. The van der Waals surface area contributed by atoms with Gasteiger partial charge in [-0.2, -0.15) is 0 Å². The number of benzene rings is 1. The highest BCUT2D eigenvalue weighted by Gasteiger charge is 2.38. The summed E-state index contributed by atoms with van der Waals surface area (Å²) >= 11 is 0. The average molecular weight is 376 g/mol. The zero-order chi connectivity index (χ0) is 19.9. The van der Waals surface area contributed by atoms with Gasteiger partial charge in [0.1, 0.15) is 16.9 Å². The molecule has 0 aromatic heterocycles. The minimum Gasteiger partial charge on any atom is -0.496 e. The molecule has 0 bridgehead atoms. The zero-order valence-corrected chi connectivity index (χ0v) is 16.6. The standard InChI is InChI=1S/C20H28N2O5/c1-12-8-13-11-21(19(25)27-20(2,3)4)6-7-22(13)16-10-17(26-5)15(18(23)24)9-14(12)16/h9-10,12-13H,6-8,11H2,1-5H3,(H,23,24)/t12?,13-/m0/s1. The third-order valence-corrected chi connectivity index (χ3v) is 5.18. The molecule has 1 saturated heterocycles. The van der Waals surface area contributed by atoms with Crippen LogP contribution in [0.4, 0.5) is 10.5 Å². The molecule has 0 radical (unpaired) electrons. The lowest BCUT2D eigenvalue weighted by molar-refractivity contribution is 0.0208. The number of carboxylic acid groups (broad SMARTS) is 1. The van der Waals surface area contributed by atoms with Crippen LogP contribution >= 0.6 is 0 Å². The monoisotopic (exact) mass is 376 g/mol. The molecule has 0 spiro atoms. The van der Waals surface area contributed by atoms with Crippen molar-refractivity contribution in [2.45, 2.75) is 51.7 Å². The van der Waals surface area contributed by atoms with Gasteiger partial charge in [-0.3, -0.25) is 0 Å². The Labute approximate surface area is 159 Å². The first-order valence-corrected chi connectivity index (χ1v) is 9.30. The van der Waals surface area contributed by atoms with Gasteiger partial charge in [0.15, 0.2) is 0 Å². The number of fused-ring (bicyclic) bond motifs is 3. The van der Waals surface area contributed by atoms with E-state index in [0.717, 1.165) is 17.7 Å². The van der Waals surface area contributed by atoms with Crippen molar-refractivity contribution in [3.8, 4) is 5.75 Å². The van der Waals surface area contributed by atoms with E-state index in [1.807, 2.05) is 26.8 Å². The molecule has 2 aliphatic heterocycles. The van der Waals surface area contributed by atoms with Crippen LogP contribution in [0.2, 0.25) is 0 Å². The number of anilines is 1. The predicted octanol–water partition coefficient (Wildman–Crippen LogP) is 3.33. The van der Waals surface area contributed by atoms with E-state index < -0.39 is 11.6 Å². The maximum Gasteiger partial charge on any atom is 0.410 e. The summed E-state index contributed by atoms with van der Waals surface area (Å²) in [6, 6.07) is 3.73. The van der Waals surface area contributed by atoms with E-state index in [1.165, 1.54) is 7.11 Å². The van der Waals surface area contributed by atoms with Crippen molar-refractivity contribution in [2.75, 3.05) is 31.6 Å². The Morgan fingerprint density at radius 3 is 2.52 bits per heavy atom. The molecule has 1 unspecified atom stereocenters. The maximum absolute atomic E-state index is 12.4. The lowest BCUT2D eigenvalue weighted by Crippen LogP contribution is -2.57. The van der Waals surface area contributed by atoms with Crippen LogP contribution in [0.25, 0.3) is 0 Å². The highest BCUT2D eigenvalue weighted by atomic mass is 16.6. The number of hydrogen-bond donors (Lipinski definition) is 1. The quantitative estimate of drug-likeness (QED) is 0.853. The Morgan fingerprint density at radius 2 is 1.93 bits per heavy atom. The molecule has 2 atom stereocenters. The number of piperazine rings is 1.